The van der Waals surface area contributed by atoms with E-state index >= 15 is 0 Å². The van der Waals surface area contributed by atoms with E-state index in [1.807, 2.05) is 0 Å². The summed E-state index contributed by atoms with van der Waals surface area (Å²) in [5.74, 6) is 0. The molecule has 0 aliphatic heterocycles. The Morgan fingerprint density at radius 3 is 1.89 bits per heavy atom. The summed E-state index contributed by atoms with van der Waals surface area (Å²) in [5, 5.41) is 0. The first-order valence-electron chi connectivity index (χ1n) is 7.80. The predicted octanol–water partition coefficient (Wildman–Crippen LogP) is 2.64. The van der Waals surface area contributed by atoms with Crippen LogP contribution in [-0.4, -0.2) is 45.4 Å². The van der Waals surface area contributed by atoms with Gasteiger partial charge in [0, 0.05) is 12.6 Å². The molecule has 18 heavy (non-hydrogen) atoms. The summed E-state index contributed by atoms with van der Waals surface area (Å²) in [4.78, 5) is 6.29. The van der Waals surface area contributed by atoms with E-state index in [2.05, 4.69) is 44.5 Å². The van der Waals surface area contributed by atoms with Gasteiger partial charge in [0.15, 0.2) is 0 Å². The lowest BCUT2D eigenvalue weighted by Crippen LogP contribution is -2.53. The Kier molecular flexibility index (Phi) is 10.0. The van der Waals surface area contributed by atoms with Crippen molar-refractivity contribution in [1.29, 1.82) is 0 Å². The fourth-order valence-electron chi connectivity index (χ4n) is 2.46. The van der Waals surface area contributed by atoms with E-state index in [9.17, 15) is 0 Å². The van der Waals surface area contributed by atoms with Gasteiger partial charge in [-0.3, -0.25) is 0 Å². The monoisotopic (exact) mass is 273 g/mol. The first-order chi connectivity index (χ1) is 8.57. The normalized spacial score (nSPS) is 14.2. The van der Waals surface area contributed by atoms with Crippen molar-refractivity contribution in [3.8, 4) is 0 Å². The van der Waals surface area contributed by atoms with Gasteiger partial charge in [0.05, 0.1) is 0 Å². The second-order valence-electron chi connectivity index (χ2n) is 5.30. The highest BCUT2D eigenvalue weighted by molar-refractivity contribution is 6.77. The minimum Gasteiger partial charge on any atom is -0.336 e. The maximum Gasteiger partial charge on any atom is 0.124 e. The van der Waals surface area contributed by atoms with E-state index < -0.39 is 8.24 Å². The van der Waals surface area contributed by atoms with Crippen molar-refractivity contribution in [1.82, 2.24) is 9.88 Å². The predicted molar refractivity (Wildman–Crippen MR) is 85.6 cm³/mol. The van der Waals surface area contributed by atoms with Crippen LogP contribution in [-0.2, 0) is 0 Å². The van der Waals surface area contributed by atoms with Crippen molar-refractivity contribution >= 4 is 8.24 Å². The maximum absolute atomic E-state index is 6.24. The summed E-state index contributed by atoms with van der Waals surface area (Å²) >= 11 is 0. The van der Waals surface area contributed by atoms with Gasteiger partial charge in [-0.25, -0.2) is 0 Å². The molecular weight excluding hydrogens is 238 g/mol. The average molecular weight is 274 g/mol. The van der Waals surface area contributed by atoms with Crippen molar-refractivity contribution in [3.63, 3.8) is 0 Å². The van der Waals surface area contributed by atoms with Gasteiger partial charge in [-0.1, -0.05) is 34.6 Å². The largest absolute Gasteiger partial charge is 0.336 e. The van der Waals surface area contributed by atoms with E-state index in [1.165, 1.54) is 18.1 Å². The van der Waals surface area contributed by atoms with Crippen LogP contribution in [0.2, 0.25) is 18.1 Å². The molecule has 0 saturated heterocycles. The van der Waals surface area contributed by atoms with Gasteiger partial charge >= 0.3 is 0 Å². The summed E-state index contributed by atoms with van der Waals surface area (Å²) in [6.07, 6.45) is 1.11. The zero-order chi connectivity index (χ0) is 14.0. The summed E-state index contributed by atoms with van der Waals surface area (Å²) in [7, 11) is -1.20. The van der Waals surface area contributed by atoms with Gasteiger partial charge in [0.2, 0.25) is 0 Å². The van der Waals surface area contributed by atoms with Crippen molar-refractivity contribution in [2.45, 2.75) is 65.2 Å². The van der Waals surface area contributed by atoms with Crippen LogP contribution in [0.1, 0.15) is 41.0 Å². The van der Waals surface area contributed by atoms with Crippen LogP contribution < -0.4 is 10.7 Å². The molecule has 3 nitrogen and oxygen atoms in total. The average Bonchev–Trinajstić information content (AvgIpc) is 2.42. The summed E-state index contributed by atoms with van der Waals surface area (Å²) < 4.78 is 0. The van der Waals surface area contributed by atoms with Gasteiger partial charge in [-0.15, -0.1) is 0 Å². The molecule has 0 fully saturated rings. The second-order valence-corrected chi connectivity index (χ2v) is 10.3. The zero-order valence-corrected chi connectivity index (χ0v) is 14.3. The lowest BCUT2D eigenvalue weighted by Gasteiger charge is -2.31. The molecule has 0 aromatic rings. The molecule has 0 heterocycles. The molecule has 0 bridgehead atoms. The lowest BCUT2D eigenvalue weighted by atomic mass is 10.2. The summed E-state index contributed by atoms with van der Waals surface area (Å²) in [6, 6.07) is 4.27. The van der Waals surface area contributed by atoms with Crippen molar-refractivity contribution in [3.05, 3.63) is 0 Å². The van der Waals surface area contributed by atoms with E-state index in [0.29, 0.717) is 6.04 Å². The highest BCUT2D eigenvalue weighted by Crippen LogP contribution is 2.16. The van der Waals surface area contributed by atoms with Crippen LogP contribution in [0.4, 0.5) is 0 Å². The first kappa shape index (κ1) is 18.1. The minimum absolute atomic E-state index is 0.308. The third kappa shape index (κ3) is 6.32. The Hall–Kier alpha value is 0.0969. The van der Waals surface area contributed by atoms with Gasteiger partial charge < -0.3 is 15.6 Å². The Labute approximate surface area is 116 Å². The first-order valence-corrected chi connectivity index (χ1v) is 10.4. The zero-order valence-electron chi connectivity index (χ0n) is 13.3. The Bertz CT molecular complexity index is 183. The van der Waals surface area contributed by atoms with Crippen molar-refractivity contribution in [2.75, 3.05) is 26.2 Å². The Balaban J connectivity index is 3.97. The van der Waals surface area contributed by atoms with E-state index in [0.717, 1.165) is 32.6 Å². The van der Waals surface area contributed by atoms with Crippen molar-refractivity contribution in [2.24, 2.45) is 5.73 Å². The van der Waals surface area contributed by atoms with E-state index in [-0.39, 0.29) is 0 Å². The molecule has 0 amide bonds. The molecule has 0 spiro atoms. The molecule has 110 valence electrons. The number of hydrogen-bond donors (Lipinski definition) is 2. The number of nitrogens with two attached hydrogens (primary N) is 1. The van der Waals surface area contributed by atoms with Crippen LogP contribution in [0.5, 0.6) is 0 Å². The molecule has 0 radical (unpaired) electrons. The fourth-order valence-corrected chi connectivity index (χ4v) is 5.41. The molecule has 0 aromatic carbocycles. The number of hydrogen-bond acceptors (Lipinski definition) is 3. The molecular formula is C14H35N3Si. The van der Waals surface area contributed by atoms with Gasteiger partial charge in [-0.2, -0.15) is 0 Å². The molecule has 4 heteroatoms. The second kappa shape index (κ2) is 9.95. The number of nitrogens with zero attached hydrogens (tertiary/aromatic N) is 1. The number of rotatable bonds is 11. The third-order valence-corrected chi connectivity index (χ3v) is 9.49. The van der Waals surface area contributed by atoms with Gasteiger partial charge in [0.1, 0.15) is 8.24 Å². The molecule has 3 N–H and O–H groups in total. The summed E-state index contributed by atoms with van der Waals surface area (Å²) in [5.41, 5.74) is 6.24. The molecule has 0 saturated carbocycles. The van der Waals surface area contributed by atoms with Crippen molar-refractivity contribution < 1.29 is 0 Å². The standard InChI is InChI=1S/C14H35N3Si/c1-6-17(7-2)12-11-14(15)13-16-18(8-3,9-4)10-5/h14,16H,6-13,15H2,1-5H3. The van der Waals surface area contributed by atoms with Crippen LogP contribution >= 0.6 is 0 Å². The maximum atomic E-state index is 6.24. The molecule has 0 aliphatic carbocycles. The highest BCUT2D eigenvalue weighted by Gasteiger charge is 2.26. The lowest BCUT2D eigenvalue weighted by molar-refractivity contribution is 0.290. The SMILES string of the molecule is CCN(CC)CCC(N)CN[Si](CC)(CC)CC. The Morgan fingerprint density at radius 2 is 1.50 bits per heavy atom. The van der Waals surface area contributed by atoms with Crippen LogP contribution in [0, 0.1) is 0 Å². The highest BCUT2D eigenvalue weighted by atomic mass is 28.3. The van der Waals surface area contributed by atoms with Gasteiger partial charge in [-0.05, 0) is 44.2 Å². The topological polar surface area (TPSA) is 41.3 Å². The van der Waals surface area contributed by atoms with Gasteiger partial charge in [0.25, 0.3) is 0 Å². The quantitative estimate of drug-likeness (QED) is 0.569. The molecule has 0 rings (SSSR count). The third-order valence-electron chi connectivity index (χ3n) is 4.48. The molecule has 1 atom stereocenters. The minimum atomic E-state index is -1.20. The van der Waals surface area contributed by atoms with Crippen LogP contribution in [0.25, 0.3) is 0 Å². The summed E-state index contributed by atoms with van der Waals surface area (Å²) in [6.45, 7) is 15.8. The Morgan fingerprint density at radius 1 is 1.00 bits per heavy atom. The van der Waals surface area contributed by atoms with Crippen LogP contribution in [0.3, 0.4) is 0 Å². The number of nitrogens with one attached hydrogen (secondary N) is 1. The molecule has 0 aromatic heterocycles. The smallest absolute Gasteiger partial charge is 0.124 e. The van der Waals surface area contributed by atoms with E-state index in [4.69, 9.17) is 5.73 Å². The van der Waals surface area contributed by atoms with Crippen LogP contribution in [0.15, 0.2) is 0 Å². The molecule has 1 unspecified atom stereocenters. The van der Waals surface area contributed by atoms with E-state index in [1.54, 1.807) is 0 Å². The fraction of sp³-hybridized carbons (Fsp3) is 1.00. The molecule has 0 aliphatic rings.